The van der Waals surface area contributed by atoms with Crippen LogP contribution in [0.3, 0.4) is 0 Å². The van der Waals surface area contributed by atoms with E-state index in [1.807, 2.05) is 29.5 Å². The highest BCUT2D eigenvalue weighted by atomic mass is 127. The minimum atomic E-state index is -0.592. The lowest BCUT2D eigenvalue weighted by molar-refractivity contribution is 0.0506. The predicted octanol–water partition coefficient (Wildman–Crippen LogP) is 3.38. The van der Waals surface area contributed by atoms with Gasteiger partial charge in [-0.2, -0.15) is 5.10 Å². The summed E-state index contributed by atoms with van der Waals surface area (Å²) in [7, 11) is 0. The molecular weight excluding hydrogens is 473 g/mol. The number of rotatable bonds is 7. The SMILES string of the molecule is CCCOC(=O)c1c(NC(=O)c2[nH]ncc2I)sc(C(=O)OCC)c1C. The molecule has 0 saturated heterocycles. The third kappa shape index (κ3) is 4.41. The highest BCUT2D eigenvalue weighted by Crippen LogP contribution is 2.34. The first-order valence-corrected chi connectivity index (χ1v) is 9.78. The fourth-order valence-electron chi connectivity index (χ4n) is 2.10. The van der Waals surface area contributed by atoms with Crippen LogP contribution >= 0.6 is 33.9 Å². The van der Waals surface area contributed by atoms with Gasteiger partial charge in [0.05, 0.1) is 28.5 Å². The van der Waals surface area contributed by atoms with E-state index in [-0.39, 0.29) is 34.3 Å². The summed E-state index contributed by atoms with van der Waals surface area (Å²) in [6.45, 7) is 5.65. The Morgan fingerprint density at radius 3 is 2.58 bits per heavy atom. The first-order chi connectivity index (χ1) is 12.4. The second kappa shape index (κ2) is 9.12. The summed E-state index contributed by atoms with van der Waals surface area (Å²) in [5.74, 6) is -1.60. The van der Waals surface area contributed by atoms with Crippen LogP contribution in [0.1, 0.15) is 56.3 Å². The van der Waals surface area contributed by atoms with Crippen molar-refractivity contribution in [1.82, 2.24) is 10.2 Å². The molecule has 8 nitrogen and oxygen atoms in total. The number of ether oxygens (including phenoxy) is 2. The molecule has 0 aliphatic rings. The lowest BCUT2D eigenvalue weighted by Gasteiger charge is -2.07. The quantitative estimate of drug-likeness (QED) is 0.454. The largest absolute Gasteiger partial charge is 0.462 e. The summed E-state index contributed by atoms with van der Waals surface area (Å²) in [6.07, 6.45) is 2.17. The van der Waals surface area contributed by atoms with Crippen molar-refractivity contribution in [2.24, 2.45) is 0 Å². The van der Waals surface area contributed by atoms with E-state index in [4.69, 9.17) is 9.47 Å². The van der Waals surface area contributed by atoms with Crippen molar-refractivity contribution in [3.05, 3.63) is 31.5 Å². The van der Waals surface area contributed by atoms with Crippen LogP contribution in [0.25, 0.3) is 0 Å². The normalized spacial score (nSPS) is 10.5. The van der Waals surface area contributed by atoms with E-state index in [9.17, 15) is 14.4 Å². The summed E-state index contributed by atoms with van der Waals surface area (Å²) in [4.78, 5) is 37.3. The van der Waals surface area contributed by atoms with Crippen molar-refractivity contribution >= 4 is 56.8 Å². The number of nitrogens with zero attached hydrogens (tertiary/aromatic N) is 1. The van der Waals surface area contributed by atoms with Crippen molar-refractivity contribution in [3.8, 4) is 0 Å². The minimum Gasteiger partial charge on any atom is -0.462 e. The van der Waals surface area contributed by atoms with Crippen molar-refractivity contribution < 1.29 is 23.9 Å². The minimum absolute atomic E-state index is 0.161. The van der Waals surface area contributed by atoms with Crippen LogP contribution in [0, 0.1) is 10.5 Å². The standard InChI is InChI=1S/C16H18IN3O5S/c1-4-6-25-15(22)10-8(3)12(16(23)24-5-2)26-14(10)19-13(21)11-9(17)7-18-20-11/h7H,4-6H2,1-3H3,(H,18,20)(H,19,21). The van der Waals surface area contributed by atoms with Crippen molar-refractivity contribution in [2.75, 3.05) is 18.5 Å². The Morgan fingerprint density at radius 2 is 2.00 bits per heavy atom. The van der Waals surface area contributed by atoms with Gasteiger partial charge in [-0.1, -0.05) is 6.92 Å². The van der Waals surface area contributed by atoms with Crippen LogP contribution in [-0.2, 0) is 9.47 Å². The van der Waals surface area contributed by atoms with Crippen molar-refractivity contribution in [3.63, 3.8) is 0 Å². The maximum atomic E-state index is 12.5. The second-order valence-corrected chi connectivity index (χ2v) is 7.35. The number of esters is 2. The van der Waals surface area contributed by atoms with Crippen LogP contribution in [0.2, 0.25) is 0 Å². The van der Waals surface area contributed by atoms with E-state index in [2.05, 4.69) is 15.5 Å². The maximum absolute atomic E-state index is 12.5. The Kier molecular flexibility index (Phi) is 7.14. The van der Waals surface area contributed by atoms with Crippen LogP contribution in [-0.4, -0.2) is 41.3 Å². The Hall–Kier alpha value is -1.95. The summed E-state index contributed by atoms with van der Waals surface area (Å²) < 4.78 is 10.8. The fraction of sp³-hybridized carbons (Fsp3) is 0.375. The van der Waals surface area contributed by atoms with Crippen molar-refractivity contribution in [2.45, 2.75) is 27.2 Å². The highest BCUT2D eigenvalue weighted by Gasteiger charge is 2.28. The molecule has 2 N–H and O–H groups in total. The fourth-order valence-corrected chi connectivity index (χ4v) is 3.69. The van der Waals surface area contributed by atoms with Gasteiger partial charge in [0.1, 0.15) is 15.6 Å². The zero-order valence-electron chi connectivity index (χ0n) is 14.5. The number of H-pyrrole nitrogens is 1. The Balaban J connectivity index is 2.40. The molecule has 0 radical (unpaired) electrons. The molecule has 2 aromatic rings. The van der Waals surface area contributed by atoms with Gasteiger partial charge in [-0.15, -0.1) is 11.3 Å². The molecule has 0 spiro atoms. The summed E-state index contributed by atoms with van der Waals surface area (Å²) in [6, 6.07) is 0. The van der Waals surface area contributed by atoms with E-state index in [0.29, 0.717) is 15.6 Å². The molecule has 10 heteroatoms. The Labute approximate surface area is 167 Å². The molecule has 0 aromatic carbocycles. The molecule has 0 fully saturated rings. The van der Waals surface area contributed by atoms with Gasteiger partial charge in [0.25, 0.3) is 5.91 Å². The molecule has 0 saturated carbocycles. The number of thiophene rings is 1. The smallest absolute Gasteiger partial charge is 0.348 e. The summed E-state index contributed by atoms with van der Waals surface area (Å²) in [5.41, 5.74) is 0.848. The summed E-state index contributed by atoms with van der Waals surface area (Å²) >= 11 is 2.95. The monoisotopic (exact) mass is 491 g/mol. The van der Waals surface area contributed by atoms with Crippen molar-refractivity contribution in [1.29, 1.82) is 0 Å². The summed E-state index contributed by atoms with van der Waals surface area (Å²) in [5, 5.41) is 9.30. The molecule has 2 aromatic heterocycles. The van der Waals surface area contributed by atoms with E-state index in [1.165, 1.54) is 6.20 Å². The van der Waals surface area contributed by atoms with Gasteiger partial charge in [-0.05, 0) is 48.4 Å². The highest BCUT2D eigenvalue weighted by molar-refractivity contribution is 14.1. The topological polar surface area (TPSA) is 110 Å². The van der Waals surface area contributed by atoms with Gasteiger partial charge < -0.3 is 14.8 Å². The van der Waals surface area contributed by atoms with Crippen LogP contribution in [0.5, 0.6) is 0 Å². The predicted molar refractivity (Wildman–Crippen MR) is 105 cm³/mol. The molecule has 0 atom stereocenters. The Bertz CT molecular complexity index is 830. The lowest BCUT2D eigenvalue weighted by atomic mass is 10.1. The molecule has 26 heavy (non-hydrogen) atoms. The average Bonchev–Trinajstić information content (AvgIpc) is 3.16. The van der Waals surface area contributed by atoms with Gasteiger partial charge in [0.15, 0.2) is 0 Å². The first kappa shape index (κ1) is 20.4. The number of carbonyl (C=O) groups excluding carboxylic acids is 3. The maximum Gasteiger partial charge on any atom is 0.348 e. The zero-order chi connectivity index (χ0) is 19.3. The second-order valence-electron chi connectivity index (χ2n) is 5.16. The number of amides is 1. The molecule has 2 heterocycles. The molecule has 0 unspecified atom stereocenters. The van der Waals surface area contributed by atoms with Gasteiger partial charge in [-0.3, -0.25) is 9.89 Å². The van der Waals surface area contributed by atoms with Crippen LogP contribution in [0.4, 0.5) is 5.00 Å². The number of hydrogen-bond acceptors (Lipinski definition) is 7. The number of carbonyl (C=O) groups is 3. The third-order valence-electron chi connectivity index (χ3n) is 3.30. The number of anilines is 1. The molecule has 140 valence electrons. The van der Waals surface area contributed by atoms with Crippen LogP contribution in [0.15, 0.2) is 6.20 Å². The molecule has 0 aliphatic heterocycles. The molecule has 0 aliphatic carbocycles. The average molecular weight is 491 g/mol. The number of hydrogen-bond donors (Lipinski definition) is 2. The number of aromatic amines is 1. The lowest BCUT2D eigenvalue weighted by Crippen LogP contribution is -2.16. The van der Waals surface area contributed by atoms with E-state index in [0.717, 1.165) is 11.3 Å². The van der Waals surface area contributed by atoms with E-state index >= 15 is 0 Å². The zero-order valence-corrected chi connectivity index (χ0v) is 17.4. The van der Waals surface area contributed by atoms with E-state index < -0.39 is 17.8 Å². The molecular formula is C16H18IN3O5S. The molecule has 1 amide bonds. The van der Waals surface area contributed by atoms with Crippen LogP contribution < -0.4 is 5.32 Å². The Morgan fingerprint density at radius 1 is 1.27 bits per heavy atom. The number of aromatic nitrogens is 2. The third-order valence-corrected chi connectivity index (χ3v) is 5.30. The number of nitrogens with one attached hydrogen (secondary N) is 2. The molecule has 0 bridgehead atoms. The van der Waals surface area contributed by atoms with Gasteiger partial charge >= 0.3 is 11.9 Å². The number of halogens is 1. The first-order valence-electron chi connectivity index (χ1n) is 7.88. The van der Waals surface area contributed by atoms with Gasteiger partial charge in [0.2, 0.25) is 0 Å². The van der Waals surface area contributed by atoms with E-state index in [1.54, 1.807) is 13.8 Å². The molecule has 2 rings (SSSR count). The van der Waals surface area contributed by atoms with Gasteiger partial charge in [0, 0.05) is 0 Å². The van der Waals surface area contributed by atoms with Gasteiger partial charge in [-0.25, -0.2) is 9.59 Å².